The number of fused-ring (bicyclic) bond motifs is 2. The number of amides is 4. The number of benzene rings is 3. The van der Waals surface area contributed by atoms with Crippen molar-refractivity contribution in [1.82, 2.24) is 9.47 Å². The third-order valence-electron chi connectivity index (χ3n) is 11.2. The Balaban J connectivity index is 0.970. The lowest BCUT2D eigenvalue weighted by atomic mass is 10.00. The minimum Gasteiger partial charge on any atom is -0.493 e. The van der Waals surface area contributed by atoms with Crippen molar-refractivity contribution >= 4 is 46.8 Å². The number of carbonyl (C=O) groups is 5. The number of aromatic nitrogens is 1. The van der Waals surface area contributed by atoms with Gasteiger partial charge in [0.15, 0.2) is 24.0 Å². The fraction of sp³-hybridized carbons (Fsp3) is 0.383. The van der Waals surface area contributed by atoms with E-state index in [0.29, 0.717) is 60.8 Å². The molecule has 7 rings (SSSR count). The monoisotopic (exact) mass is 863 g/mol. The number of hydrogen-bond donors (Lipinski definition) is 2. The second-order valence-corrected chi connectivity index (χ2v) is 15.5. The van der Waals surface area contributed by atoms with E-state index in [4.69, 9.17) is 28.4 Å². The van der Waals surface area contributed by atoms with Crippen LogP contribution in [0.25, 0.3) is 11.1 Å². The van der Waals surface area contributed by atoms with Crippen molar-refractivity contribution in [3.05, 3.63) is 102 Å². The zero-order valence-electron chi connectivity index (χ0n) is 35.8. The van der Waals surface area contributed by atoms with Crippen LogP contribution in [0.15, 0.2) is 85.6 Å². The zero-order valence-corrected chi connectivity index (χ0v) is 35.8. The summed E-state index contributed by atoms with van der Waals surface area (Å²) in [6.45, 7) is 4.79. The number of anilines is 3. The third kappa shape index (κ3) is 10.4. The van der Waals surface area contributed by atoms with Gasteiger partial charge in [-0.2, -0.15) is 0 Å². The summed E-state index contributed by atoms with van der Waals surface area (Å²) in [4.78, 5) is 69.3. The van der Waals surface area contributed by atoms with Crippen molar-refractivity contribution in [1.29, 1.82) is 0 Å². The molecule has 2 N–H and O–H groups in total. The van der Waals surface area contributed by atoms with Gasteiger partial charge in [-0.05, 0) is 99.0 Å². The van der Waals surface area contributed by atoms with Gasteiger partial charge < -0.3 is 48.5 Å². The standard InChI is InChI=1S/C47H53N5O11/c1-5-23-62-47(57)52-37-28-40(39(58-3)27-35(37)44(55)51-22-8-6-11-36(51)45(52)63-42-13-7-9-24-61-42)60-25-10-12-41(53)48-33-20-16-31(17-21-33)43(54)49-34-18-14-30(15-19-34)32-26-38(46(56)59-4)50(2)29-32/h5,14-21,26-29,36,42,45H,1,6-13,22-25H2,2-4H3,(H,48,53)(H,49,54). The Hall–Kier alpha value is -6.65. The molecule has 0 bridgehead atoms. The average Bonchev–Trinajstić information content (AvgIpc) is 3.67. The predicted molar refractivity (Wildman–Crippen MR) is 234 cm³/mol. The fourth-order valence-electron chi connectivity index (χ4n) is 8.01. The van der Waals surface area contributed by atoms with E-state index in [9.17, 15) is 24.0 Å². The molecule has 3 aliphatic heterocycles. The Morgan fingerprint density at radius 3 is 2.35 bits per heavy atom. The van der Waals surface area contributed by atoms with E-state index in [1.165, 1.54) is 25.2 Å². The van der Waals surface area contributed by atoms with Crippen LogP contribution in [-0.2, 0) is 30.8 Å². The number of methoxy groups -OCH3 is 2. The molecule has 0 radical (unpaired) electrons. The topological polar surface area (TPSA) is 176 Å². The number of esters is 1. The van der Waals surface area contributed by atoms with Crippen LogP contribution in [0, 0.1) is 0 Å². The van der Waals surface area contributed by atoms with Crippen molar-refractivity contribution in [3.63, 3.8) is 0 Å². The first-order chi connectivity index (χ1) is 30.6. The summed E-state index contributed by atoms with van der Waals surface area (Å²) in [7, 11) is 4.57. The van der Waals surface area contributed by atoms with Gasteiger partial charge in [0.1, 0.15) is 12.3 Å². The lowest BCUT2D eigenvalue weighted by Crippen LogP contribution is -2.57. The van der Waals surface area contributed by atoms with Gasteiger partial charge in [-0.1, -0.05) is 24.8 Å². The molecule has 16 nitrogen and oxygen atoms in total. The van der Waals surface area contributed by atoms with Gasteiger partial charge in [0.25, 0.3) is 11.8 Å². The molecular weight excluding hydrogens is 811 g/mol. The molecule has 4 heterocycles. The van der Waals surface area contributed by atoms with Crippen LogP contribution < -0.4 is 25.0 Å². The molecule has 3 atom stereocenters. The predicted octanol–water partition coefficient (Wildman–Crippen LogP) is 7.54. The average molecular weight is 864 g/mol. The summed E-state index contributed by atoms with van der Waals surface area (Å²) in [5.74, 6) is -0.701. The summed E-state index contributed by atoms with van der Waals surface area (Å²) in [5, 5.41) is 5.73. The molecule has 3 aliphatic rings. The molecule has 1 aromatic heterocycles. The van der Waals surface area contributed by atoms with Gasteiger partial charge in [0.05, 0.1) is 38.1 Å². The molecule has 16 heteroatoms. The smallest absolute Gasteiger partial charge is 0.416 e. The van der Waals surface area contributed by atoms with E-state index in [0.717, 1.165) is 36.8 Å². The maximum absolute atomic E-state index is 14.2. The van der Waals surface area contributed by atoms with Crippen molar-refractivity contribution in [3.8, 4) is 22.6 Å². The molecule has 2 fully saturated rings. The highest BCUT2D eigenvalue weighted by Crippen LogP contribution is 2.42. The van der Waals surface area contributed by atoms with Crippen molar-refractivity contribution in [2.24, 2.45) is 7.05 Å². The van der Waals surface area contributed by atoms with E-state index in [-0.39, 0.29) is 54.4 Å². The molecule has 4 aromatic rings. The normalized spacial score (nSPS) is 18.3. The molecule has 4 amide bonds. The Morgan fingerprint density at radius 1 is 0.889 bits per heavy atom. The Bertz CT molecular complexity index is 2300. The number of piperidine rings is 1. The lowest BCUT2D eigenvalue weighted by molar-refractivity contribution is -0.198. The maximum Gasteiger partial charge on any atom is 0.416 e. The van der Waals surface area contributed by atoms with Crippen LogP contribution in [-0.4, -0.2) is 98.4 Å². The summed E-state index contributed by atoms with van der Waals surface area (Å²) >= 11 is 0. The van der Waals surface area contributed by atoms with Gasteiger partial charge in [0, 0.05) is 61.4 Å². The van der Waals surface area contributed by atoms with E-state index < -0.39 is 30.6 Å². The van der Waals surface area contributed by atoms with E-state index >= 15 is 0 Å². The number of ether oxygens (including phenoxy) is 6. The Labute approximate surface area is 366 Å². The highest BCUT2D eigenvalue weighted by atomic mass is 16.7. The summed E-state index contributed by atoms with van der Waals surface area (Å²) in [6.07, 6.45) is 6.38. The van der Waals surface area contributed by atoms with Crippen LogP contribution in [0.1, 0.15) is 82.6 Å². The minimum absolute atomic E-state index is 0.0461. The SMILES string of the molecule is C=CCOC(=O)N1c2cc(OCCCC(=O)Nc3ccc(C(=O)Nc4ccc(-c5cc(C(=O)OC)n(C)c5)cc4)cc3)c(OC)cc2C(=O)N2CCCCC2C1OC1CCCCO1. The highest BCUT2D eigenvalue weighted by molar-refractivity contribution is 6.06. The van der Waals surface area contributed by atoms with Gasteiger partial charge in [0.2, 0.25) is 5.91 Å². The second-order valence-electron chi connectivity index (χ2n) is 15.5. The summed E-state index contributed by atoms with van der Waals surface area (Å²) < 4.78 is 36.5. The first-order valence-electron chi connectivity index (χ1n) is 21.1. The molecule has 332 valence electrons. The molecule has 0 saturated carbocycles. The maximum atomic E-state index is 14.2. The number of nitrogens with zero attached hydrogens (tertiary/aromatic N) is 3. The summed E-state index contributed by atoms with van der Waals surface area (Å²) in [5.41, 5.74) is 4.14. The quantitative estimate of drug-likeness (QED) is 0.0686. The Morgan fingerprint density at radius 2 is 1.63 bits per heavy atom. The van der Waals surface area contributed by atoms with Crippen molar-refractivity contribution < 1.29 is 52.4 Å². The van der Waals surface area contributed by atoms with E-state index in [2.05, 4.69) is 17.2 Å². The first-order valence-corrected chi connectivity index (χ1v) is 21.1. The molecular formula is C47H53N5O11. The first kappa shape index (κ1) is 44.4. The van der Waals surface area contributed by atoms with Gasteiger partial charge >= 0.3 is 12.1 Å². The van der Waals surface area contributed by atoms with Gasteiger partial charge in [-0.3, -0.25) is 14.4 Å². The van der Waals surface area contributed by atoms with Crippen LogP contribution in [0.3, 0.4) is 0 Å². The molecule has 2 saturated heterocycles. The van der Waals surface area contributed by atoms with Gasteiger partial charge in [-0.15, -0.1) is 0 Å². The lowest BCUT2D eigenvalue weighted by Gasteiger charge is -2.42. The largest absolute Gasteiger partial charge is 0.493 e. The molecule has 0 aliphatic carbocycles. The molecule has 3 unspecified atom stereocenters. The highest BCUT2D eigenvalue weighted by Gasteiger charge is 2.47. The summed E-state index contributed by atoms with van der Waals surface area (Å²) in [6, 6.07) is 18.3. The van der Waals surface area contributed by atoms with Crippen molar-refractivity contribution in [2.75, 3.05) is 56.1 Å². The number of rotatable bonds is 15. The molecule has 3 aromatic carbocycles. The minimum atomic E-state index is -0.895. The number of hydrogen-bond acceptors (Lipinski definition) is 11. The molecule has 63 heavy (non-hydrogen) atoms. The van der Waals surface area contributed by atoms with E-state index in [1.807, 2.05) is 18.3 Å². The molecule has 0 spiro atoms. The van der Waals surface area contributed by atoms with Crippen LogP contribution in [0.2, 0.25) is 0 Å². The Kier molecular flexibility index (Phi) is 14.4. The van der Waals surface area contributed by atoms with Crippen LogP contribution in [0.5, 0.6) is 11.5 Å². The van der Waals surface area contributed by atoms with Crippen LogP contribution in [0.4, 0.5) is 21.9 Å². The van der Waals surface area contributed by atoms with Crippen LogP contribution >= 0.6 is 0 Å². The number of nitrogens with one attached hydrogen (secondary N) is 2. The van der Waals surface area contributed by atoms with E-state index in [1.54, 1.807) is 71.1 Å². The van der Waals surface area contributed by atoms with Gasteiger partial charge in [-0.25, -0.2) is 14.5 Å². The van der Waals surface area contributed by atoms with Crippen molar-refractivity contribution in [2.45, 2.75) is 69.9 Å². The number of aryl methyl sites for hydroxylation is 1. The fourth-order valence-corrected chi connectivity index (χ4v) is 8.01. The second kappa shape index (κ2) is 20.5. The number of carbonyl (C=O) groups excluding carboxylic acids is 5. The third-order valence-corrected chi connectivity index (χ3v) is 11.2. The zero-order chi connectivity index (χ0) is 44.5.